The fourth-order valence-electron chi connectivity index (χ4n) is 4.72. The lowest BCUT2D eigenvalue weighted by Gasteiger charge is -2.21. The maximum atomic E-state index is 13.1. The largest absolute Gasteiger partial charge is 0.416 e. The van der Waals surface area contributed by atoms with Crippen molar-refractivity contribution in [2.75, 3.05) is 17.2 Å². The number of hydrogen-bond acceptors (Lipinski definition) is 6. The number of anilines is 2. The summed E-state index contributed by atoms with van der Waals surface area (Å²) >= 11 is 0. The second kappa shape index (κ2) is 9.23. The summed E-state index contributed by atoms with van der Waals surface area (Å²) in [4.78, 5) is 30.4. The Morgan fingerprint density at radius 3 is 2.74 bits per heavy atom. The highest BCUT2D eigenvalue weighted by Gasteiger charge is 2.31. The summed E-state index contributed by atoms with van der Waals surface area (Å²) in [7, 11) is 0. The first kappa shape index (κ1) is 24.1. The van der Waals surface area contributed by atoms with Gasteiger partial charge in [0.1, 0.15) is 17.3 Å². The molecule has 1 aliphatic carbocycles. The second-order valence-corrected chi connectivity index (χ2v) is 9.56. The minimum absolute atomic E-state index is 0.301. The third-order valence-electron chi connectivity index (χ3n) is 6.97. The maximum Gasteiger partial charge on any atom is 0.416 e. The van der Waals surface area contributed by atoms with E-state index < -0.39 is 17.6 Å². The van der Waals surface area contributed by atoms with Gasteiger partial charge in [0.05, 0.1) is 11.6 Å². The Balaban J connectivity index is 1.36. The van der Waals surface area contributed by atoms with Crippen molar-refractivity contribution in [2.45, 2.75) is 44.9 Å². The van der Waals surface area contributed by atoms with E-state index in [-0.39, 0.29) is 5.69 Å². The van der Waals surface area contributed by atoms with E-state index in [1.54, 1.807) is 12.3 Å². The summed E-state index contributed by atoms with van der Waals surface area (Å²) in [6, 6.07) is 9.27. The first-order valence-electron chi connectivity index (χ1n) is 12.4. The van der Waals surface area contributed by atoms with Crippen LogP contribution in [0.2, 0.25) is 0 Å². The molecule has 2 N–H and O–H groups in total. The van der Waals surface area contributed by atoms with Crippen molar-refractivity contribution in [2.24, 2.45) is 4.99 Å². The number of aromatic nitrogens is 4. The van der Waals surface area contributed by atoms with Crippen LogP contribution in [-0.2, 0) is 12.7 Å². The van der Waals surface area contributed by atoms with Gasteiger partial charge in [-0.15, -0.1) is 0 Å². The molecule has 38 heavy (non-hydrogen) atoms. The van der Waals surface area contributed by atoms with Crippen LogP contribution in [0.3, 0.4) is 0 Å². The molecule has 0 atom stereocenters. The average Bonchev–Trinajstić information content (AvgIpc) is 3.37. The fraction of sp³-hybridized carbons (Fsp3) is 0.296. The summed E-state index contributed by atoms with van der Waals surface area (Å²) in [5.74, 6) is 0.981. The summed E-state index contributed by atoms with van der Waals surface area (Å²) in [5.41, 5.74) is 3.30. The number of fused-ring (bicyclic) bond motifs is 3. The first-order chi connectivity index (χ1) is 18.3. The number of halogens is 3. The molecule has 3 aliphatic heterocycles. The van der Waals surface area contributed by atoms with Crippen LogP contribution in [0.1, 0.15) is 40.9 Å². The molecule has 11 heteroatoms. The van der Waals surface area contributed by atoms with Crippen LogP contribution in [0.4, 0.5) is 24.7 Å². The van der Waals surface area contributed by atoms with Crippen molar-refractivity contribution in [3.63, 3.8) is 0 Å². The summed E-state index contributed by atoms with van der Waals surface area (Å²) in [6.45, 7) is 3.43. The standard InChI is InChI=1S/C27H24F3N7O/c1-15-5-6-19(34-25(38)22-12-17(7-8-31-22)27(28,29)30)13-20(15)21-11-16-14-33-26(35-18-3-2-4-18)36-23(16)37-10-9-32-24(21)37/h5-8,11-14,18,32H,2-4,9-10H2,1H3,(H,34,38). The molecule has 0 unspecified atom stereocenters. The Kier molecular flexibility index (Phi) is 5.85. The molecule has 1 aromatic carbocycles. The number of benzene rings is 1. The quantitative estimate of drug-likeness (QED) is 0.400. The van der Waals surface area contributed by atoms with Gasteiger partial charge in [0.25, 0.3) is 5.91 Å². The number of carbonyl (C=O) groups is 1. The Bertz CT molecular complexity index is 1590. The van der Waals surface area contributed by atoms with Crippen molar-refractivity contribution in [3.05, 3.63) is 71.2 Å². The highest BCUT2D eigenvalue weighted by atomic mass is 19.4. The number of nitrogens with one attached hydrogen (secondary N) is 2. The van der Waals surface area contributed by atoms with Crippen molar-refractivity contribution in [3.8, 4) is 22.5 Å². The third kappa shape index (κ3) is 4.48. The van der Waals surface area contributed by atoms with Crippen LogP contribution < -0.4 is 16.3 Å². The molecule has 1 saturated carbocycles. The van der Waals surface area contributed by atoms with Gasteiger partial charge in [0.15, 0.2) is 0 Å². The number of rotatable bonds is 4. The summed E-state index contributed by atoms with van der Waals surface area (Å²) < 4.78 is 41.4. The molecular weight excluding hydrogens is 495 g/mol. The lowest BCUT2D eigenvalue weighted by molar-refractivity contribution is -0.137. The van der Waals surface area contributed by atoms with E-state index in [4.69, 9.17) is 4.98 Å². The summed E-state index contributed by atoms with van der Waals surface area (Å²) in [5, 5.41) is 6.13. The molecular formula is C27H24F3N7O. The van der Waals surface area contributed by atoms with E-state index in [1.807, 2.05) is 25.1 Å². The van der Waals surface area contributed by atoms with Crippen LogP contribution in [0.25, 0.3) is 22.5 Å². The number of pyridine rings is 2. The lowest BCUT2D eigenvalue weighted by atomic mass is 9.94. The smallest absolute Gasteiger partial charge is 0.369 e. The topological polar surface area (TPSA) is 97.1 Å². The van der Waals surface area contributed by atoms with E-state index in [9.17, 15) is 18.0 Å². The van der Waals surface area contributed by atoms with E-state index in [0.717, 1.165) is 78.2 Å². The minimum atomic E-state index is -4.56. The van der Waals surface area contributed by atoms with Crippen molar-refractivity contribution in [1.82, 2.24) is 19.5 Å². The molecule has 1 amide bonds. The Morgan fingerprint density at radius 2 is 1.97 bits per heavy atom. The zero-order valence-corrected chi connectivity index (χ0v) is 20.5. The van der Waals surface area contributed by atoms with Crippen molar-refractivity contribution >= 4 is 17.4 Å². The van der Waals surface area contributed by atoms with Crippen LogP contribution in [0, 0.1) is 6.92 Å². The molecule has 4 aliphatic rings. The monoisotopic (exact) mass is 519 g/mol. The van der Waals surface area contributed by atoms with Gasteiger partial charge in [-0.1, -0.05) is 6.07 Å². The molecule has 1 aromatic heterocycles. The third-order valence-corrected chi connectivity index (χ3v) is 6.97. The van der Waals surface area contributed by atoms with E-state index in [0.29, 0.717) is 17.3 Å². The molecule has 194 valence electrons. The number of carbonyl (C=O) groups excluding carboxylic acids is 1. The number of nitrogens with zero attached hydrogens (tertiary/aromatic N) is 5. The normalized spacial score (nSPS) is 15.7. The molecule has 2 aromatic rings. The Morgan fingerprint density at radius 1 is 1.13 bits per heavy atom. The fourth-order valence-corrected chi connectivity index (χ4v) is 4.72. The van der Waals surface area contributed by atoms with Crippen molar-refractivity contribution < 1.29 is 18.0 Å². The second-order valence-electron chi connectivity index (χ2n) is 9.56. The van der Waals surface area contributed by atoms with Crippen LogP contribution in [-0.4, -0.2) is 38.0 Å². The van der Waals surface area contributed by atoms with Gasteiger partial charge >= 0.3 is 6.18 Å². The molecule has 8 nitrogen and oxygen atoms in total. The molecule has 0 radical (unpaired) electrons. The zero-order valence-electron chi connectivity index (χ0n) is 20.5. The SMILES string of the molecule is Cc1ccc(NC(=O)c2cc(C(F)(F)F)ccn2)cc1-c1cc2cnc(=NC3CCC3)nc-2n2c1NCC2. The molecule has 4 heterocycles. The highest BCUT2D eigenvalue weighted by molar-refractivity contribution is 6.03. The highest BCUT2D eigenvalue weighted by Crippen LogP contribution is 2.39. The predicted molar refractivity (Wildman–Crippen MR) is 136 cm³/mol. The zero-order chi connectivity index (χ0) is 26.4. The van der Waals surface area contributed by atoms with Gasteiger partial charge in [0, 0.05) is 42.3 Å². The number of hydrogen-bond donors (Lipinski definition) is 2. The van der Waals surface area contributed by atoms with Gasteiger partial charge < -0.3 is 15.2 Å². The van der Waals surface area contributed by atoms with Gasteiger partial charge in [0.2, 0.25) is 5.62 Å². The van der Waals surface area contributed by atoms with Gasteiger partial charge in [-0.3, -0.25) is 9.78 Å². The summed E-state index contributed by atoms with van der Waals surface area (Å²) in [6.07, 6.45) is 1.54. The minimum Gasteiger partial charge on any atom is -0.369 e. The van der Waals surface area contributed by atoms with Crippen molar-refractivity contribution in [1.29, 1.82) is 0 Å². The Labute approximate surface area is 216 Å². The number of aryl methyl sites for hydroxylation is 1. The number of alkyl halides is 3. The molecule has 6 rings (SSSR count). The molecule has 0 spiro atoms. The van der Waals surface area contributed by atoms with Crippen LogP contribution >= 0.6 is 0 Å². The first-order valence-corrected chi connectivity index (χ1v) is 12.4. The van der Waals surface area contributed by atoms with E-state index in [2.05, 4.69) is 30.2 Å². The van der Waals surface area contributed by atoms with Crippen LogP contribution in [0.15, 0.2) is 53.8 Å². The van der Waals surface area contributed by atoms with E-state index in [1.165, 1.54) is 6.42 Å². The lowest BCUT2D eigenvalue weighted by Crippen LogP contribution is -2.24. The average molecular weight is 520 g/mol. The molecule has 1 fully saturated rings. The van der Waals surface area contributed by atoms with Gasteiger partial charge in [-0.05, 0) is 67.6 Å². The van der Waals surface area contributed by atoms with Gasteiger partial charge in [-0.2, -0.15) is 18.2 Å². The Hall–Kier alpha value is -4.28. The maximum absolute atomic E-state index is 13.1. The number of amides is 1. The predicted octanol–water partition coefficient (Wildman–Crippen LogP) is 4.90. The van der Waals surface area contributed by atoms with Gasteiger partial charge in [-0.25, -0.2) is 9.98 Å². The molecule has 0 bridgehead atoms. The van der Waals surface area contributed by atoms with Crippen LogP contribution in [0.5, 0.6) is 0 Å². The van der Waals surface area contributed by atoms with E-state index >= 15 is 0 Å². The molecule has 0 saturated heterocycles.